The van der Waals surface area contributed by atoms with Crippen LogP contribution in [-0.2, 0) is 4.79 Å². The summed E-state index contributed by atoms with van der Waals surface area (Å²) < 4.78 is 26.2. The van der Waals surface area contributed by atoms with Crippen LogP contribution < -0.4 is 10.6 Å². The van der Waals surface area contributed by atoms with Crippen molar-refractivity contribution in [3.05, 3.63) is 60.2 Å². The first-order valence-electron chi connectivity index (χ1n) is 6.14. The molecule has 0 aromatic heterocycles. The van der Waals surface area contributed by atoms with E-state index >= 15 is 0 Å². The predicted molar refractivity (Wildman–Crippen MR) is 74.5 cm³/mol. The van der Waals surface area contributed by atoms with Crippen LogP contribution in [-0.4, -0.2) is 11.9 Å². The molecule has 0 radical (unpaired) electrons. The zero-order valence-corrected chi connectivity index (χ0v) is 10.9. The van der Waals surface area contributed by atoms with E-state index in [4.69, 9.17) is 0 Å². The van der Waals surface area contributed by atoms with Gasteiger partial charge in [-0.2, -0.15) is 0 Å². The molecule has 0 unspecified atom stereocenters. The Morgan fingerprint density at radius 1 is 1.05 bits per heavy atom. The van der Waals surface area contributed by atoms with Crippen LogP contribution in [0, 0.1) is 11.6 Å². The summed E-state index contributed by atoms with van der Waals surface area (Å²) in [6.07, 6.45) is 0. The van der Waals surface area contributed by atoms with Crippen molar-refractivity contribution in [2.24, 2.45) is 0 Å². The van der Waals surface area contributed by atoms with Crippen molar-refractivity contribution in [1.29, 1.82) is 0 Å². The molecule has 1 amide bonds. The summed E-state index contributed by atoms with van der Waals surface area (Å²) in [6.45, 7) is 1.64. The van der Waals surface area contributed by atoms with Crippen LogP contribution >= 0.6 is 0 Å². The summed E-state index contributed by atoms with van der Waals surface area (Å²) in [7, 11) is 0. The van der Waals surface area contributed by atoms with Crippen LogP contribution in [0.15, 0.2) is 48.5 Å². The van der Waals surface area contributed by atoms with Gasteiger partial charge in [0.05, 0.1) is 5.69 Å². The molecular weight excluding hydrogens is 262 g/mol. The molecule has 3 nitrogen and oxygen atoms in total. The van der Waals surface area contributed by atoms with Gasteiger partial charge in [-0.3, -0.25) is 4.79 Å². The zero-order chi connectivity index (χ0) is 14.5. The Bertz CT molecular complexity index is 599. The summed E-state index contributed by atoms with van der Waals surface area (Å²) in [6, 6.07) is 11.0. The average Bonchev–Trinajstić information content (AvgIpc) is 2.44. The van der Waals surface area contributed by atoms with Gasteiger partial charge >= 0.3 is 0 Å². The molecule has 104 valence electrons. The number of anilines is 2. The molecule has 0 saturated carbocycles. The fourth-order valence-corrected chi connectivity index (χ4v) is 1.67. The molecule has 0 aliphatic rings. The lowest BCUT2D eigenvalue weighted by Crippen LogP contribution is -2.32. The third-order valence-corrected chi connectivity index (χ3v) is 2.75. The normalized spacial score (nSPS) is 11.8. The molecule has 0 spiro atoms. The number of halogens is 2. The molecular formula is C15H14F2N2O. The smallest absolute Gasteiger partial charge is 0.246 e. The van der Waals surface area contributed by atoms with E-state index < -0.39 is 11.9 Å². The third-order valence-electron chi connectivity index (χ3n) is 2.75. The van der Waals surface area contributed by atoms with Crippen LogP contribution in [0.4, 0.5) is 20.2 Å². The van der Waals surface area contributed by atoms with Gasteiger partial charge in [-0.15, -0.1) is 0 Å². The predicted octanol–water partition coefficient (Wildman–Crippen LogP) is 3.40. The molecule has 0 saturated heterocycles. The highest BCUT2D eigenvalue weighted by Crippen LogP contribution is 2.14. The topological polar surface area (TPSA) is 41.1 Å². The van der Waals surface area contributed by atoms with E-state index in [0.717, 1.165) is 0 Å². The van der Waals surface area contributed by atoms with Crippen molar-refractivity contribution in [3.8, 4) is 0 Å². The van der Waals surface area contributed by atoms with Crippen molar-refractivity contribution in [1.82, 2.24) is 0 Å². The number of carbonyl (C=O) groups excluding carboxylic acids is 1. The number of amides is 1. The number of hydrogen-bond donors (Lipinski definition) is 2. The van der Waals surface area contributed by atoms with Gasteiger partial charge in [0.2, 0.25) is 5.91 Å². The molecule has 0 aliphatic carbocycles. The maximum Gasteiger partial charge on any atom is 0.246 e. The Hall–Kier alpha value is -2.43. The lowest BCUT2D eigenvalue weighted by Gasteiger charge is -2.15. The van der Waals surface area contributed by atoms with E-state index in [1.165, 1.54) is 36.4 Å². The first kappa shape index (κ1) is 14.0. The molecule has 2 aromatic rings. The van der Waals surface area contributed by atoms with Crippen molar-refractivity contribution < 1.29 is 13.6 Å². The van der Waals surface area contributed by atoms with E-state index in [1.54, 1.807) is 19.1 Å². The standard InChI is InChI=1S/C15H14F2N2O/c1-10(18-12-8-6-11(16)7-9-12)15(20)19-14-5-3-2-4-13(14)17/h2-10,18H,1H3,(H,19,20)/t10-/m1/s1. The third kappa shape index (κ3) is 3.54. The van der Waals surface area contributed by atoms with Crippen molar-refractivity contribution in [2.75, 3.05) is 10.6 Å². The number of carbonyl (C=O) groups is 1. The van der Waals surface area contributed by atoms with Gasteiger partial charge in [-0.05, 0) is 43.3 Å². The molecule has 2 aromatic carbocycles. The van der Waals surface area contributed by atoms with Gasteiger partial charge < -0.3 is 10.6 Å². The molecule has 0 bridgehead atoms. The van der Waals surface area contributed by atoms with Gasteiger partial charge in [-0.1, -0.05) is 12.1 Å². The number of benzene rings is 2. The summed E-state index contributed by atoms with van der Waals surface area (Å²) >= 11 is 0. The number of rotatable bonds is 4. The second-order valence-electron chi connectivity index (χ2n) is 4.34. The first-order chi connectivity index (χ1) is 9.56. The van der Waals surface area contributed by atoms with Crippen LogP contribution in [0.5, 0.6) is 0 Å². The molecule has 0 fully saturated rings. The zero-order valence-electron chi connectivity index (χ0n) is 10.9. The van der Waals surface area contributed by atoms with Gasteiger partial charge in [0, 0.05) is 5.69 Å². The highest BCUT2D eigenvalue weighted by molar-refractivity contribution is 5.96. The second-order valence-corrected chi connectivity index (χ2v) is 4.34. The van der Waals surface area contributed by atoms with E-state index in [0.29, 0.717) is 5.69 Å². The molecule has 20 heavy (non-hydrogen) atoms. The Labute approximate surface area is 115 Å². The van der Waals surface area contributed by atoms with Crippen molar-refractivity contribution in [3.63, 3.8) is 0 Å². The Morgan fingerprint density at radius 2 is 1.70 bits per heavy atom. The molecule has 0 heterocycles. The Morgan fingerprint density at radius 3 is 2.35 bits per heavy atom. The average molecular weight is 276 g/mol. The van der Waals surface area contributed by atoms with Gasteiger partial charge in [0.15, 0.2) is 0 Å². The van der Waals surface area contributed by atoms with Gasteiger partial charge in [0.25, 0.3) is 0 Å². The van der Waals surface area contributed by atoms with Gasteiger partial charge in [-0.25, -0.2) is 8.78 Å². The van der Waals surface area contributed by atoms with Gasteiger partial charge in [0.1, 0.15) is 17.7 Å². The maximum absolute atomic E-state index is 13.4. The monoisotopic (exact) mass is 276 g/mol. The molecule has 1 atom stereocenters. The van der Waals surface area contributed by atoms with Crippen molar-refractivity contribution >= 4 is 17.3 Å². The SMILES string of the molecule is C[C@@H](Nc1ccc(F)cc1)C(=O)Nc1ccccc1F. The van der Waals surface area contributed by atoms with E-state index in [-0.39, 0.29) is 17.4 Å². The molecule has 2 N–H and O–H groups in total. The Kier molecular flexibility index (Phi) is 4.30. The molecule has 5 heteroatoms. The highest BCUT2D eigenvalue weighted by atomic mass is 19.1. The minimum atomic E-state index is -0.583. The van der Waals surface area contributed by atoms with Crippen LogP contribution in [0.3, 0.4) is 0 Å². The van der Waals surface area contributed by atoms with Crippen LogP contribution in [0.1, 0.15) is 6.92 Å². The number of para-hydroxylation sites is 1. The maximum atomic E-state index is 13.4. The first-order valence-corrected chi connectivity index (χ1v) is 6.14. The Balaban J connectivity index is 1.99. The quantitative estimate of drug-likeness (QED) is 0.898. The largest absolute Gasteiger partial charge is 0.374 e. The van der Waals surface area contributed by atoms with Crippen LogP contribution in [0.2, 0.25) is 0 Å². The molecule has 2 rings (SSSR count). The fraction of sp³-hybridized carbons (Fsp3) is 0.133. The fourth-order valence-electron chi connectivity index (χ4n) is 1.67. The van der Waals surface area contributed by atoms with E-state index in [2.05, 4.69) is 10.6 Å². The summed E-state index contributed by atoms with van der Waals surface area (Å²) in [5.41, 5.74) is 0.743. The van der Waals surface area contributed by atoms with E-state index in [9.17, 15) is 13.6 Å². The van der Waals surface area contributed by atoms with Crippen molar-refractivity contribution in [2.45, 2.75) is 13.0 Å². The lowest BCUT2D eigenvalue weighted by molar-refractivity contribution is -0.116. The lowest BCUT2D eigenvalue weighted by atomic mass is 10.2. The number of hydrogen-bond acceptors (Lipinski definition) is 2. The van der Waals surface area contributed by atoms with E-state index in [1.807, 2.05) is 0 Å². The minimum absolute atomic E-state index is 0.130. The molecule has 0 aliphatic heterocycles. The second kappa shape index (κ2) is 6.14. The summed E-state index contributed by atoms with van der Waals surface area (Å²) in [5, 5.41) is 5.40. The summed E-state index contributed by atoms with van der Waals surface area (Å²) in [5.74, 6) is -1.21. The number of nitrogens with one attached hydrogen (secondary N) is 2. The van der Waals surface area contributed by atoms with Crippen LogP contribution in [0.25, 0.3) is 0 Å². The minimum Gasteiger partial charge on any atom is -0.374 e. The summed E-state index contributed by atoms with van der Waals surface area (Å²) in [4.78, 5) is 11.9. The highest BCUT2D eigenvalue weighted by Gasteiger charge is 2.14.